The van der Waals surface area contributed by atoms with E-state index in [1.54, 1.807) is 18.2 Å². The summed E-state index contributed by atoms with van der Waals surface area (Å²) in [4.78, 5) is 0.327. The molecule has 2 aromatic rings. The van der Waals surface area contributed by atoms with Crippen LogP contribution in [0.25, 0.3) is 0 Å². The van der Waals surface area contributed by atoms with Crippen molar-refractivity contribution in [2.45, 2.75) is 29.6 Å². The SMILES string of the molecule is CC1CCCN(S(=O)(=O)c2ccc(NS(=O)(=O)c3ccccc3)cc2)C1. The van der Waals surface area contributed by atoms with Gasteiger partial charge in [-0.2, -0.15) is 4.31 Å². The van der Waals surface area contributed by atoms with Crippen LogP contribution in [0.1, 0.15) is 19.8 Å². The normalized spacial score (nSPS) is 19.2. The Morgan fingerprint density at radius 1 is 0.923 bits per heavy atom. The fourth-order valence-corrected chi connectivity index (χ4v) is 5.70. The van der Waals surface area contributed by atoms with E-state index in [0.29, 0.717) is 24.7 Å². The second kappa shape index (κ2) is 7.38. The molecule has 1 fully saturated rings. The van der Waals surface area contributed by atoms with Crippen LogP contribution in [0.4, 0.5) is 5.69 Å². The molecule has 0 aliphatic carbocycles. The van der Waals surface area contributed by atoms with Crippen LogP contribution >= 0.6 is 0 Å². The van der Waals surface area contributed by atoms with E-state index in [-0.39, 0.29) is 9.79 Å². The molecule has 0 spiro atoms. The average Bonchev–Trinajstić information content (AvgIpc) is 2.63. The summed E-state index contributed by atoms with van der Waals surface area (Å²) < 4.78 is 54.1. The van der Waals surface area contributed by atoms with E-state index in [2.05, 4.69) is 4.72 Å². The highest BCUT2D eigenvalue weighted by Gasteiger charge is 2.28. The summed E-state index contributed by atoms with van der Waals surface area (Å²) in [5, 5.41) is 0. The molecule has 1 heterocycles. The number of nitrogens with zero attached hydrogens (tertiary/aromatic N) is 1. The Kier molecular flexibility index (Phi) is 5.36. The molecule has 1 aliphatic heterocycles. The zero-order valence-electron chi connectivity index (χ0n) is 14.5. The largest absolute Gasteiger partial charge is 0.280 e. The van der Waals surface area contributed by atoms with Gasteiger partial charge in [-0.3, -0.25) is 4.72 Å². The van der Waals surface area contributed by atoms with Gasteiger partial charge in [-0.1, -0.05) is 25.1 Å². The molecular formula is C18H22N2O4S2. The smallest absolute Gasteiger partial charge is 0.261 e. The maximum absolute atomic E-state index is 12.7. The molecule has 0 amide bonds. The minimum absolute atomic E-state index is 0.152. The number of hydrogen-bond donors (Lipinski definition) is 1. The van der Waals surface area contributed by atoms with Crippen molar-refractivity contribution in [3.8, 4) is 0 Å². The Hall–Kier alpha value is -1.90. The Balaban J connectivity index is 1.78. The van der Waals surface area contributed by atoms with E-state index in [1.165, 1.54) is 40.7 Å². The summed E-state index contributed by atoms with van der Waals surface area (Å²) in [6, 6.07) is 13.8. The number of nitrogens with one attached hydrogen (secondary N) is 1. The molecule has 1 unspecified atom stereocenters. The Labute approximate surface area is 155 Å². The molecule has 0 bridgehead atoms. The highest BCUT2D eigenvalue weighted by molar-refractivity contribution is 7.92. The third-order valence-electron chi connectivity index (χ3n) is 4.42. The second-order valence-electron chi connectivity index (χ2n) is 6.55. The number of rotatable bonds is 5. The van der Waals surface area contributed by atoms with Crippen LogP contribution in [0.2, 0.25) is 0 Å². The first-order valence-corrected chi connectivity index (χ1v) is 11.4. The molecule has 26 heavy (non-hydrogen) atoms. The van der Waals surface area contributed by atoms with Gasteiger partial charge in [-0.25, -0.2) is 16.8 Å². The van der Waals surface area contributed by atoms with Crippen LogP contribution in [0.15, 0.2) is 64.4 Å². The maximum atomic E-state index is 12.7. The van der Waals surface area contributed by atoms with Crippen molar-refractivity contribution in [2.24, 2.45) is 5.92 Å². The van der Waals surface area contributed by atoms with Gasteiger partial charge >= 0.3 is 0 Å². The molecule has 1 N–H and O–H groups in total. The van der Waals surface area contributed by atoms with E-state index in [4.69, 9.17) is 0 Å². The van der Waals surface area contributed by atoms with Crippen molar-refractivity contribution in [1.82, 2.24) is 4.31 Å². The quantitative estimate of drug-likeness (QED) is 0.845. The van der Waals surface area contributed by atoms with E-state index in [1.807, 2.05) is 6.92 Å². The summed E-state index contributed by atoms with van der Waals surface area (Å²) in [5.41, 5.74) is 0.319. The summed E-state index contributed by atoms with van der Waals surface area (Å²) in [5.74, 6) is 0.343. The lowest BCUT2D eigenvalue weighted by Crippen LogP contribution is -2.39. The zero-order valence-corrected chi connectivity index (χ0v) is 16.1. The molecule has 8 heteroatoms. The zero-order chi connectivity index (χ0) is 18.8. The monoisotopic (exact) mass is 394 g/mol. The molecule has 0 aromatic heterocycles. The standard InChI is InChI=1S/C18H22N2O4S2/c1-15-6-5-13-20(14-15)26(23,24)18-11-9-16(10-12-18)19-25(21,22)17-7-3-2-4-8-17/h2-4,7-12,15,19H,5-6,13-14H2,1H3. The summed E-state index contributed by atoms with van der Waals surface area (Å²) in [6.45, 7) is 3.09. The molecule has 2 aromatic carbocycles. The van der Waals surface area contributed by atoms with Crippen LogP contribution in [0.3, 0.4) is 0 Å². The van der Waals surface area contributed by atoms with Gasteiger partial charge in [-0.05, 0) is 55.2 Å². The van der Waals surface area contributed by atoms with Gasteiger partial charge in [0.2, 0.25) is 10.0 Å². The van der Waals surface area contributed by atoms with Crippen LogP contribution in [-0.2, 0) is 20.0 Å². The van der Waals surface area contributed by atoms with Crippen LogP contribution in [-0.4, -0.2) is 34.2 Å². The first-order chi connectivity index (χ1) is 12.3. The fourth-order valence-electron chi connectivity index (χ4n) is 3.02. The van der Waals surface area contributed by atoms with Gasteiger partial charge in [0.1, 0.15) is 0 Å². The molecule has 1 saturated heterocycles. The van der Waals surface area contributed by atoms with Gasteiger partial charge in [0.25, 0.3) is 10.0 Å². The summed E-state index contributed by atoms with van der Waals surface area (Å²) in [7, 11) is -7.25. The lowest BCUT2D eigenvalue weighted by Gasteiger charge is -2.30. The number of hydrogen-bond acceptors (Lipinski definition) is 4. The molecule has 1 aliphatic rings. The van der Waals surface area contributed by atoms with Gasteiger partial charge in [0.05, 0.1) is 9.79 Å². The molecule has 0 saturated carbocycles. The third-order valence-corrected chi connectivity index (χ3v) is 7.69. The third kappa shape index (κ3) is 4.08. The van der Waals surface area contributed by atoms with Crippen molar-refractivity contribution in [1.29, 1.82) is 0 Å². The predicted molar refractivity (Wildman–Crippen MR) is 101 cm³/mol. The average molecular weight is 395 g/mol. The predicted octanol–water partition coefficient (Wildman–Crippen LogP) is 2.91. The molecule has 3 rings (SSSR count). The second-order valence-corrected chi connectivity index (χ2v) is 10.2. The van der Waals surface area contributed by atoms with E-state index in [0.717, 1.165) is 12.8 Å². The molecular weight excluding hydrogens is 372 g/mol. The number of benzene rings is 2. The Morgan fingerprint density at radius 3 is 2.19 bits per heavy atom. The molecule has 140 valence electrons. The fraction of sp³-hybridized carbons (Fsp3) is 0.333. The molecule has 0 radical (unpaired) electrons. The number of sulfonamides is 2. The molecule has 6 nitrogen and oxygen atoms in total. The highest BCUT2D eigenvalue weighted by atomic mass is 32.2. The van der Waals surface area contributed by atoms with Crippen LogP contribution in [0, 0.1) is 5.92 Å². The van der Waals surface area contributed by atoms with Crippen LogP contribution < -0.4 is 4.72 Å². The van der Waals surface area contributed by atoms with Crippen molar-refractivity contribution in [3.05, 3.63) is 54.6 Å². The topological polar surface area (TPSA) is 83.6 Å². The Bertz CT molecular complexity index is 956. The van der Waals surface area contributed by atoms with Crippen molar-refractivity contribution >= 4 is 25.7 Å². The Morgan fingerprint density at radius 2 is 1.58 bits per heavy atom. The number of piperidine rings is 1. The first kappa shape index (κ1) is 18.9. The summed E-state index contributed by atoms with van der Waals surface area (Å²) in [6.07, 6.45) is 1.89. The lowest BCUT2D eigenvalue weighted by atomic mass is 10.0. The van der Waals surface area contributed by atoms with Crippen molar-refractivity contribution in [2.75, 3.05) is 17.8 Å². The van der Waals surface area contributed by atoms with E-state index < -0.39 is 20.0 Å². The minimum Gasteiger partial charge on any atom is -0.280 e. The first-order valence-electron chi connectivity index (χ1n) is 8.47. The van der Waals surface area contributed by atoms with Crippen molar-refractivity contribution in [3.63, 3.8) is 0 Å². The number of anilines is 1. The van der Waals surface area contributed by atoms with Gasteiger partial charge in [0.15, 0.2) is 0 Å². The highest BCUT2D eigenvalue weighted by Crippen LogP contribution is 2.25. The minimum atomic E-state index is -3.70. The van der Waals surface area contributed by atoms with Gasteiger partial charge < -0.3 is 0 Å². The van der Waals surface area contributed by atoms with E-state index in [9.17, 15) is 16.8 Å². The summed E-state index contributed by atoms with van der Waals surface area (Å²) >= 11 is 0. The van der Waals surface area contributed by atoms with Gasteiger partial charge in [-0.15, -0.1) is 0 Å². The molecule has 1 atom stereocenters. The maximum Gasteiger partial charge on any atom is 0.261 e. The van der Waals surface area contributed by atoms with Gasteiger partial charge in [0, 0.05) is 18.8 Å². The lowest BCUT2D eigenvalue weighted by molar-refractivity contribution is 0.281. The van der Waals surface area contributed by atoms with E-state index >= 15 is 0 Å². The van der Waals surface area contributed by atoms with Crippen LogP contribution in [0.5, 0.6) is 0 Å². The van der Waals surface area contributed by atoms with Crippen molar-refractivity contribution < 1.29 is 16.8 Å².